The van der Waals surface area contributed by atoms with E-state index in [1.165, 1.54) is 18.5 Å². The minimum absolute atomic E-state index is 0.220. The molecule has 1 amide bonds. The van der Waals surface area contributed by atoms with E-state index in [1.807, 2.05) is 12.1 Å². The highest BCUT2D eigenvalue weighted by Crippen LogP contribution is 2.24. The minimum atomic E-state index is -0.220. The maximum absolute atomic E-state index is 12.7. The summed E-state index contributed by atoms with van der Waals surface area (Å²) >= 11 is 0. The van der Waals surface area contributed by atoms with Crippen molar-refractivity contribution in [3.05, 3.63) is 41.9 Å². The molecule has 0 saturated carbocycles. The number of hydrogen-bond acceptors (Lipinski definition) is 5. The first-order valence-corrected chi connectivity index (χ1v) is 10.7. The Morgan fingerprint density at radius 1 is 1.17 bits per heavy atom. The molecule has 2 aromatic rings. The van der Waals surface area contributed by atoms with Crippen LogP contribution >= 0.6 is 0 Å². The molecular weight excluding hydrogens is 362 g/mol. The van der Waals surface area contributed by atoms with Crippen LogP contribution in [0.15, 0.2) is 30.3 Å². The molecule has 0 atom stereocenters. The van der Waals surface area contributed by atoms with Gasteiger partial charge in [0, 0.05) is 37.1 Å². The van der Waals surface area contributed by atoms with E-state index in [9.17, 15) is 4.79 Å². The van der Waals surface area contributed by atoms with Gasteiger partial charge in [0.25, 0.3) is 5.91 Å². The molecule has 0 unspecified atom stereocenters. The van der Waals surface area contributed by atoms with Crippen molar-refractivity contribution < 1.29 is 4.79 Å². The van der Waals surface area contributed by atoms with Crippen LogP contribution in [0.1, 0.15) is 56.3 Å². The molecule has 1 aromatic heterocycles. The first-order chi connectivity index (χ1) is 13.9. The van der Waals surface area contributed by atoms with Gasteiger partial charge in [0.15, 0.2) is 0 Å². The molecule has 6 heteroatoms. The van der Waals surface area contributed by atoms with Crippen LogP contribution < -0.4 is 15.5 Å². The van der Waals surface area contributed by atoms with Crippen molar-refractivity contribution in [2.45, 2.75) is 47.0 Å². The van der Waals surface area contributed by atoms with E-state index in [4.69, 9.17) is 0 Å². The lowest BCUT2D eigenvalue weighted by atomic mass is 9.99. The van der Waals surface area contributed by atoms with E-state index in [-0.39, 0.29) is 5.91 Å². The smallest absolute Gasteiger partial charge is 0.274 e. The Morgan fingerprint density at radius 3 is 2.52 bits per heavy atom. The van der Waals surface area contributed by atoms with Gasteiger partial charge in [0.1, 0.15) is 17.3 Å². The lowest BCUT2D eigenvalue weighted by Gasteiger charge is -2.32. The van der Waals surface area contributed by atoms with Crippen molar-refractivity contribution >= 4 is 23.1 Å². The standard InChI is InChI=1S/C23H33N5O/c1-16(2)9-12-24-22-15-21(25-18(4)26-22)23(29)27-19-5-7-20(8-6-19)28-13-10-17(3)11-14-28/h5-8,15-17H,9-14H2,1-4H3,(H,27,29)(H,24,25,26). The number of aryl methyl sites for hydroxylation is 1. The highest BCUT2D eigenvalue weighted by Gasteiger charge is 2.16. The van der Waals surface area contributed by atoms with Gasteiger partial charge in [-0.3, -0.25) is 4.79 Å². The van der Waals surface area contributed by atoms with Crippen LogP contribution in [-0.4, -0.2) is 35.5 Å². The van der Waals surface area contributed by atoms with Crippen molar-refractivity contribution in [1.29, 1.82) is 0 Å². The molecule has 1 fully saturated rings. The minimum Gasteiger partial charge on any atom is -0.372 e. The molecule has 0 bridgehead atoms. The van der Waals surface area contributed by atoms with E-state index >= 15 is 0 Å². The van der Waals surface area contributed by atoms with Gasteiger partial charge in [-0.2, -0.15) is 0 Å². The zero-order valence-electron chi connectivity index (χ0n) is 18.0. The quantitative estimate of drug-likeness (QED) is 0.709. The Balaban J connectivity index is 1.61. The number of rotatable bonds is 7. The summed E-state index contributed by atoms with van der Waals surface area (Å²) in [7, 11) is 0. The first kappa shape index (κ1) is 21.1. The summed E-state index contributed by atoms with van der Waals surface area (Å²) in [5, 5.41) is 6.23. The van der Waals surface area contributed by atoms with Crippen molar-refractivity contribution in [2.24, 2.45) is 11.8 Å². The second kappa shape index (κ2) is 9.72. The van der Waals surface area contributed by atoms with Crippen LogP contribution in [0.3, 0.4) is 0 Å². The third kappa shape index (κ3) is 6.17. The summed E-state index contributed by atoms with van der Waals surface area (Å²) < 4.78 is 0. The molecule has 1 aliphatic heterocycles. The van der Waals surface area contributed by atoms with E-state index in [0.717, 1.165) is 37.7 Å². The molecule has 0 radical (unpaired) electrons. The number of piperidine rings is 1. The number of carbonyl (C=O) groups is 1. The fraction of sp³-hybridized carbons (Fsp3) is 0.522. The number of amides is 1. The zero-order chi connectivity index (χ0) is 20.8. The number of nitrogens with one attached hydrogen (secondary N) is 2. The lowest BCUT2D eigenvalue weighted by molar-refractivity contribution is 0.102. The number of nitrogens with zero attached hydrogens (tertiary/aromatic N) is 3. The third-order valence-corrected chi connectivity index (χ3v) is 5.37. The van der Waals surface area contributed by atoms with Crippen LogP contribution in [0.2, 0.25) is 0 Å². The molecule has 1 saturated heterocycles. The summed E-state index contributed by atoms with van der Waals surface area (Å²) in [6, 6.07) is 9.79. The highest BCUT2D eigenvalue weighted by molar-refractivity contribution is 6.03. The SMILES string of the molecule is Cc1nc(NCCC(C)C)cc(C(=O)Nc2ccc(N3CCC(C)CC3)cc2)n1. The van der Waals surface area contributed by atoms with Gasteiger partial charge in [-0.25, -0.2) is 9.97 Å². The predicted octanol–water partition coefficient (Wildman–Crippen LogP) is 4.73. The van der Waals surface area contributed by atoms with E-state index in [0.29, 0.717) is 23.3 Å². The van der Waals surface area contributed by atoms with Gasteiger partial charge in [-0.1, -0.05) is 20.8 Å². The molecule has 6 nitrogen and oxygen atoms in total. The number of hydrogen-bond donors (Lipinski definition) is 2. The summed E-state index contributed by atoms with van der Waals surface area (Å²) in [6.07, 6.45) is 3.52. The topological polar surface area (TPSA) is 70.2 Å². The predicted molar refractivity (Wildman–Crippen MR) is 120 cm³/mol. The molecule has 29 heavy (non-hydrogen) atoms. The maximum atomic E-state index is 12.7. The van der Waals surface area contributed by atoms with E-state index in [2.05, 4.69) is 58.4 Å². The molecule has 3 rings (SSSR count). The fourth-order valence-corrected chi connectivity index (χ4v) is 3.48. The number of carbonyl (C=O) groups excluding carboxylic acids is 1. The van der Waals surface area contributed by atoms with Gasteiger partial charge < -0.3 is 15.5 Å². The molecule has 0 spiro atoms. The fourth-order valence-electron chi connectivity index (χ4n) is 3.48. The van der Waals surface area contributed by atoms with Crippen LogP contribution in [0, 0.1) is 18.8 Å². The number of aromatic nitrogens is 2. The Hall–Kier alpha value is -2.63. The summed E-state index contributed by atoms with van der Waals surface area (Å²) in [5.41, 5.74) is 2.36. The number of anilines is 3. The summed E-state index contributed by atoms with van der Waals surface area (Å²) in [4.78, 5) is 23.8. The van der Waals surface area contributed by atoms with Crippen LogP contribution in [0.4, 0.5) is 17.2 Å². The highest BCUT2D eigenvalue weighted by atomic mass is 16.1. The average molecular weight is 396 g/mol. The number of benzene rings is 1. The van der Waals surface area contributed by atoms with Gasteiger partial charge >= 0.3 is 0 Å². The van der Waals surface area contributed by atoms with Gasteiger partial charge in [0.2, 0.25) is 0 Å². The molecule has 1 aliphatic rings. The molecule has 1 aromatic carbocycles. The molecule has 2 N–H and O–H groups in total. The average Bonchev–Trinajstić information content (AvgIpc) is 2.68. The van der Waals surface area contributed by atoms with Gasteiger partial charge in [-0.05, 0) is 62.3 Å². The second-order valence-electron chi connectivity index (χ2n) is 8.47. The summed E-state index contributed by atoms with van der Waals surface area (Å²) in [6.45, 7) is 11.5. The van der Waals surface area contributed by atoms with Gasteiger partial charge in [0.05, 0.1) is 0 Å². The molecule has 156 valence electrons. The normalized spacial score (nSPS) is 14.9. The molecule has 2 heterocycles. The summed E-state index contributed by atoms with van der Waals surface area (Å²) in [5.74, 6) is 2.48. The van der Waals surface area contributed by atoms with Crippen molar-refractivity contribution in [2.75, 3.05) is 35.2 Å². The van der Waals surface area contributed by atoms with Crippen LogP contribution in [0.5, 0.6) is 0 Å². The monoisotopic (exact) mass is 395 g/mol. The Morgan fingerprint density at radius 2 is 1.86 bits per heavy atom. The molecule has 0 aliphatic carbocycles. The Labute approximate surface area is 174 Å². The van der Waals surface area contributed by atoms with E-state index < -0.39 is 0 Å². The second-order valence-corrected chi connectivity index (χ2v) is 8.47. The maximum Gasteiger partial charge on any atom is 0.274 e. The van der Waals surface area contributed by atoms with E-state index in [1.54, 1.807) is 13.0 Å². The third-order valence-electron chi connectivity index (χ3n) is 5.37. The van der Waals surface area contributed by atoms with Crippen molar-refractivity contribution in [1.82, 2.24) is 9.97 Å². The van der Waals surface area contributed by atoms with Gasteiger partial charge in [-0.15, -0.1) is 0 Å². The van der Waals surface area contributed by atoms with Crippen molar-refractivity contribution in [3.63, 3.8) is 0 Å². The first-order valence-electron chi connectivity index (χ1n) is 10.7. The van der Waals surface area contributed by atoms with Crippen LogP contribution in [-0.2, 0) is 0 Å². The largest absolute Gasteiger partial charge is 0.372 e. The van der Waals surface area contributed by atoms with Crippen LogP contribution in [0.25, 0.3) is 0 Å². The Kier molecular flexibility index (Phi) is 7.07. The zero-order valence-corrected chi connectivity index (χ0v) is 18.0. The lowest BCUT2D eigenvalue weighted by Crippen LogP contribution is -2.32. The molecular formula is C23H33N5O. The van der Waals surface area contributed by atoms with Crippen molar-refractivity contribution in [3.8, 4) is 0 Å². The Bertz CT molecular complexity index is 811.